The number of aliphatic carboxylic acids is 1. The van der Waals surface area contributed by atoms with E-state index in [-0.39, 0.29) is 6.61 Å². The number of hydrogen-bond donors (Lipinski definition) is 3. The first-order valence-electron chi connectivity index (χ1n) is 6.29. The smallest absolute Gasteiger partial charge is 0.328 e. The first-order chi connectivity index (χ1) is 9.43. The Morgan fingerprint density at radius 1 is 1.25 bits per heavy atom. The lowest BCUT2D eigenvalue weighted by Crippen LogP contribution is -2.45. The predicted molar refractivity (Wildman–Crippen MR) is 72.7 cm³/mol. The maximum Gasteiger partial charge on any atom is 0.328 e. The molecule has 1 aromatic carbocycles. The van der Waals surface area contributed by atoms with Gasteiger partial charge in [-0.05, 0) is 23.6 Å². The lowest BCUT2D eigenvalue weighted by atomic mass is 10.0. The van der Waals surface area contributed by atoms with Crippen molar-refractivity contribution in [3.8, 4) is 5.75 Å². The van der Waals surface area contributed by atoms with Gasteiger partial charge in [-0.15, -0.1) is 0 Å². The summed E-state index contributed by atoms with van der Waals surface area (Å²) in [5.41, 5.74) is 1.16. The molecule has 0 spiro atoms. The second-order valence-electron chi connectivity index (χ2n) is 4.65. The number of nitrogens with one attached hydrogen (secondary N) is 1. The number of carbonyl (C=O) groups excluding carboxylic acids is 1. The second-order valence-corrected chi connectivity index (χ2v) is 4.65. The van der Waals surface area contributed by atoms with Gasteiger partial charge in [-0.3, -0.25) is 4.79 Å². The number of hydrogen-bond acceptors (Lipinski definition) is 4. The van der Waals surface area contributed by atoms with E-state index in [0.29, 0.717) is 11.7 Å². The molecule has 0 aliphatic rings. The Labute approximate surface area is 117 Å². The van der Waals surface area contributed by atoms with Crippen LogP contribution in [-0.4, -0.2) is 41.3 Å². The highest BCUT2D eigenvalue weighted by Gasteiger charge is 2.18. The Morgan fingerprint density at radius 2 is 1.85 bits per heavy atom. The number of aliphatic hydroxyl groups is 1. The third kappa shape index (κ3) is 4.89. The van der Waals surface area contributed by atoms with Crippen LogP contribution in [0.5, 0.6) is 5.75 Å². The van der Waals surface area contributed by atoms with Crippen molar-refractivity contribution < 1.29 is 24.5 Å². The van der Waals surface area contributed by atoms with Gasteiger partial charge < -0.3 is 20.3 Å². The Hall–Kier alpha value is -2.08. The van der Waals surface area contributed by atoms with E-state index in [1.807, 2.05) is 12.1 Å². The summed E-state index contributed by atoms with van der Waals surface area (Å²) >= 11 is 0. The zero-order chi connectivity index (χ0) is 15.1. The highest BCUT2D eigenvalue weighted by atomic mass is 16.5. The Kier molecular flexibility index (Phi) is 5.99. The van der Waals surface area contributed by atoms with E-state index in [9.17, 15) is 9.59 Å². The molecule has 0 unspecified atom stereocenters. The van der Waals surface area contributed by atoms with Crippen molar-refractivity contribution >= 4 is 11.9 Å². The maximum absolute atomic E-state index is 11.5. The molecule has 0 bridgehead atoms. The van der Waals surface area contributed by atoms with E-state index in [2.05, 4.69) is 19.2 Å². The number of rotatable bonds is 7. The van der Waals surface area contributed by atoms with Crippen LogP contribution in [0.1, 0.15) is 25.3 Å². The number of aliphatic hydroxyl groups excluding tert-OH is 1. The van der Waals surface area contributed by atoms with E-state index in [4.69, 9.17) is 14.9 Å². The average Bonchev–Trinajstić information content (AvgIpc) is 2.42. The molecule has 0 saturated heterocycles. The summed E-state index contributed by atoms with van der Waals surface area (Å²) in [7, 11) is 0. The van der Waals surface area contributed by atoms with E-state index in [1.165, 1.54) is 0 Å². The SMILES string of the molecule is CC(C)c1ccc(OCC(=O)N[C@H](CO)C(=O)O)cc1. The third-order valence-corrected chi connectivity index (χ3v) is 2.73. The minimum absolute atomic E-state index is 0.301. The molecule has 6 nitrogen and oxygen atoms in total. The fourth-order valence-electron chi connectivity index (χ4n) is 1.52. The van der Waals surface area contributed by atoms with Gasteiger partial charge in [0.1, 0.15) is 11.8 Å². The molecule has 1 rings (SSSR count). The van der Waals surface area contributed by atoms with Gasteiger partial charge >= 0.3 is 5.97 Å². The number of carbonyl (C=O) groups is 2. The molecule has 1 aromatic rings. The van der Waals surface area contributed by atoms with Gasteiger partial charge in [0.25, 0.3) is 5.91 Å². The van der Waals surface area contributed by atoms with Crippen LogP contribution in [0.2, 0.25) is 0 Å². The molecular formula is C14H19NO5. The number of carboxylic acids is 1. The van der Waals surface area contributed by atoms with Crippen molar-refractivity contribution in [2.75, 3.05) is 13.2 Å². The van der Waals surface area contributed by atoms with Crippen LogP contribution in [0.25, 0.3) is 0 Å². The van der Waals surface area contributed by atoms with Gasteiger partial charge in [-0.1, -0.05) is 26.0 Å². The standard InChI is InChI=1S/C14H19NO5/c1-9(2)10-3-5-11(6-4-10)20-8-13(17)15-12(7-16)14(18)19/h3-6,9,12,16H,7-8H2,1-2H3,(H,15,17)(H,18,19)/t12-/m1/s1. The summed E-state index contributed by atoms with van der Waals surface area (Å²) in [4.78, 5) is 22.1. The fraction of sp³-hybridized carbons (Fsp3) is 0.429. The molecular weight excluding hydrogens is 262 g/mol. The summed E-state index contributed by atoms with van der Waals surface area (Å²) in [6.07, 6.45) is 0. The van der Waals surface area contributed by atoms with Crippen molar-refractivity contribution in [3.63, 3.8) is 0 Å². The predicted octanol–water partition coefficient (Wildman–Crippen LogP) is 0.750. The van der Waals surface area contributed by atoms with Gasteiger partial charge in [-0.25, -0.2) is 4.79 Å². The van der Waals surface area contributed by atoms with Gasteiger partial charge in [0.15, 0.2) is 6.61 Å². The van der Waals surface area contributed by atoms with E-state index in [0.717, 1.165) is 5.56 Å². The van der Waals surface area contributed by atoms with Gasteiger partial charge in [0.2, 0.25) is 0 Å². The van der Waals surface area contributed by atoms with Crippen molar-refractivity contribution in [2.24, 2.45) is 0 Å². The summed E-state index contributed by atoms with van der Waals surface area (Å²) in [5.74, 6) is -0.949. The van der Waals surface area contributed by atoms with Crippen molar-refractivity contribution in [1.29, 1.82) is 0 Å². The minimum Gasteiger partial charge on any atom is -0.484 e. The molecule has 0 radical (unpaired) electrons. The van der Waals surface area contributed by atoms with Crippen LogP contribution in [0.4, 0.5) is 0 Å². The van der Waals surface area contributed by atoms with E-state index >= 15 is 0 Å². The third-order valence-electron chi connectivity index (χ3n) is 2.73. The number of carboxylic acid groups (broad SMARTS) is 1. The average molecular weight is 281 g/mol. The zero-order valence-corrected chi connectivity index (χ0v) is 11.5. The number of ether oxygens (including phenoxy) is 1. The normalized spacial score (nSPS) is 12.0. The molecule has 0 aliphatic carbocycles. The van der Waals surface area contributed by atoms with Crippen molar-refractivity contribution in [3.05, 3.63) is 29.8 Å². The highest BCUT2D eigenvalue weighted by molar-refractivity contribution is 5.84. The zero-order valence-electron chi connectivity index (χ0n) is 11.5. The van der Waals surface area contributed by atoms with Crippen LogP contribution in [0.3, 0.4) is 0 Å². The molecule has 110 valence electrons. The minimum atomic E-state index is -1.31. The van der Waals surface area contributed by atoms with E-state index in [1.54, 1.807) is 12.1 Å². The Bertz CT molecular complexity index is 455. The second kappa shape index (κ2) is 7.49. The molecule has 0 saturated carbocycles. The molecule has 0 fully saturated rings. The largest absolute Gasteiger partial charge is 0.484 e. The quantitative estimate of drug-likeness (QED) is 0.685. The first kappa shape index (κ1) is 16.0. The van der Waals surface area contributed by atoms with Gasteiger partial charge in [0, 0.05) is 0 Å². The van der Waals surface area contributed by atoms with Crippen LogP contribution in [0, 0.1) is 0 Å². The van der Waals surface area contributed by atoms with Crippen molar-refractivity contribution in [2.45, 2.75) is 25.8 Å². The van der Waals surface area contributed by atoms with Gasteiger partial charge in [-0.2, -0.15) is 0 Å². The monoisotopic (exact) mass is 281 g/mol. The molecule has 0 heterocycles. The van der Waals surface area contributed by atoms with Crippen LogP contribution in [-0.2, 0) is 9.59 Å². The fourth-order valence-corrected chi connectivity index (χ4v) is 1.52. The summed E-state index contributed by atoms with van der Waals surface area (Å²) < 4.78 is 5.24. The van der Waals surface area contributed by atoms with Crippen molar-refractivity contribution in [1.82, 2.24) is 5.32 Å². The molecule has 0 aromatic heterocycles. The Morgan fingerprint density at radius 3 is 2.30 bits per heavy atom. The maximum atomic E-state index is 11.5. The summed E-state index contributed by atoms with van der Waals surface area (Å²) in [6, 6.07) is 6.01. The van der Waals surface area contributed by atoms with Crippen LogP contribution < -0.4 is 10.1 Å². The molecule has 20 heavy (non-hydrogen) atoms. The molecule has 1 atom stereocenters. The first-order valence-corrected chi connectivity index (χ1v) is 6.29. The van der Waals surface area contributed by atoms with Crippen LogP contribution >= 0.6 is 0 Å². The summed E-state index contributed by atoms with van der Waals surface area (Å²) in [5, 5.41) is 19.6. The van der Waals surface area contributed by atoms with E-state index < -0.39 is 24.5 Å². The van der Waals surface area contributed by atoms with Gasteiger partial charge in [0.05, 0.1) is 6.61 Å². The lowest BCUT2D eigenvalue weighted by molar-refractivity contribution is -0.143. The lowest BCUT2D eigenvalue weighted by Gasteiger charge is -2.12. The highest BCUT2D eigenvalue weighted by Crippen LogP contribution is 2.18. The summed E-state index contributed by atoms with van der Waals surface area (Å²) in [6.45, 7) is 3.18. The topological polar surface area (TPSA) is 95.9 Å². The number of amides is 1. The van der Waals surface area contributed by atoms with Crippen LogP contribution in [0.15, 0.2) is 24.3 Å². The molecule has 3 N–H and O–H groups in total. The molecule has 6 heteroatoms. The number of benzene rings is 1. The molecule has 1 amide bonds. The molecule has 0 aliphatic heterocycles. The Balaban J connectivity index is 2.46.